The fraction of sp³-hybridized carbons (Fsp3) is 0.364. The number of nitriles is 1. The van der Waals surface area contributed by atoms with E-state index in [1.54, 1.807) is 0 Å². The van der Waals surface area contributed by atoms with Gasteiger partial charge in [0.1, 0.15) is 5.82 Å². The zero-order chi connectivity index (χ0) is 20.9. The first kappa shape index (κ1) is 20.3. The number of likely N-dealkylation sites (tertiary alicyclic amines) is 1. The van der Waals surface area contributed by atoms with Gasteiger partial charge in [-0.05, 0) is 43.6 Å². The van der Waals surface area contributed by atoms with E-state index >= 15 is 0 Å². The number of nitrogens with one attached hydrogen (secondary N) is 1. The Morgan fingerprint density at radius 3 is 2.70 bits per heavy atom. The molecule has 30 heavy (non-hydrogen) atoms. The summed E-state index contributed by atoms with van der Waals surface area (Å²) in [6.07, 6.45) is 8.02. The van der Waals surface area contributed by atoms with Crippen LogP contribution in [0.2, 0.25) is 0 Å². The van der Waals surface area contributed by atoms with Gasteiger partial charge in [0.25, 0.3) is 0 Å². The highest BCUT2D eigenvalue weighted by Gasteiger charge is 2.26. The minimum absolute atomic E-state index is 0.0218. The summed E-state index contributed by atoms with van der Waals surface area (Å²) in [5.41, 5.74) is 1.78. The standard InChI is InChI=1S/C22H24N6OS/c1-27-11-8-24-20(27)15-28-9-6-18(7-10-28)21(29)26-22-25-14-19(30-22)12-16-2-4-17(13-23)5-3-16/h2-5,8,11,14,18H,6-7,9-10,12,15H2,1H3,(H,25,26,29). The van der Waals surface area contributed by atoms with Crippen molar-refractivity contribution in [3.8, 4) is 6.07 Å². The van der Waals surface area contributed by atoms with Crippen molar-refractivity contribution in [1.29, 1.82) is 5.26 Å². The minimum atomic E-state index is 0.0218. The van der Waals surface area contributed by atoms with Crippen LogP contribution in [0.3, 0.4) is 0 Å². The molecule has 0 unspecified atom stereocenters. The number of amides is 1. The first-order chi connectivity index (χ1) is 14.6. The molecule has 0 atom stereocenters. The predicted octanol–water partition coefficient (Wildman–Crippen LogP) is 3.19. The van der Waals surface area contributed by atoms with E-state index in [4.69, 9.17) is 5.26 Å². The Kier molecular flexibility index (Phi) is 6.21. The fourth-order valence-corrected chi connectivity index (χ4v) is 4.50. The number of thiazole rings is 1. The van der Waals surface area contributed by atoms with Gasteiger partial charge in [-0.3, -0.25) is 9.69 Å². The van der Waals surface area contributed by atoms with Gasteiger partial charge >= 0.3 is 0 Å². The van der Waals surface area contributed by atoms with Gasteiger partial charge in [0.15, 0.2) is 5.13 Å². The summed E-state index contributed by atoms with van der Waals surface area (Å²) >= 11 is 1.51. The lowest BCUT2D eigenvalue weighted by Crippen LogP contribution is -2.38. The smallest absolute Gasteiger partial charge is 0.229 e. The summed E-state index contributed by atoms with van der Waals surface area (Å²) in [5.74, 6) is 1.13. The Morgan fingerprint density at radius 1 is 1.27 bits per heavy atom. The molecule has 1 saturated heterocycles. The highest BCUT2D eigenvalue weighted by molar-refractivity contribution is 7.15. The maximum Gasteiger partial charge on any atom is 0.229 e. The van der Waals surface area contributed by atoms with Crippen molar-refractivity contribution in [3.05, 3.63) is 64.7 Å². The van der Waals surface area contributed by atoms with Crippen LogP contribution in [-0.2, 0) is 24.8 Å². The zero-order valence-electron chi connectivity index (χ0n) is 16.9. The number of anilines is 1. The monoisotopic (exact) mass is 420 g/mol. The number of hydrogen-bond donors (Lipinski definition) is 1. The van der Waals surface area contributed by atoms with E-state index in [9.17, 15) is 4.79 Å². The second-order valence-corrected chi connectivity index (χ2v) is 8.73. The van der Waals surface area contributed by atoms with E-state index in [0.29, 0.717) is 10.7 Å². The molecule has 2 aromatic heterocycles. The van der Waals surface area contributed by atoms with Crippen molar-refractivity contribution >= 4 is 22.4 Å². The van der Waals surface area contributed by atoms with Gasteiger partial charge in [-0.15, -0.1) is 11.3 Å². The molecule has 1 aliphatic heterocycles. The summed E-state index contributed by atoms with van der Waals surface area (Å²) in [6.45, 7) is 2.61. The van der Waals surface area contributed by atoms with E-state index in [0.717, 1.165) is 55.2 Å². The molecule has 1 fully saturated rings. The van der Waals surface area contributed by atoms with Crippen molar-refractivity contribution in [1.82, 2.24) is 19.4 Å². The highest BCUT2D eigenvalue weighted by atomic mass is 32.1. The van der Waals surface area contributed by atoms with Gasteiger partial charge in [0.2, 0.25) is 5.91 Å². The second-order valence-electron chi connectivity index (χ2n) is 7.61. The number of aryl methyl sites for hydroxylation is 1. The summed E-state index contributed by atoms with van der Waals surface area (Å²) in [5, 5.41) is 12.5. The molecular formula is C22H24N6OS. The van der Waals surface area contributed by atoms with Gasteiger partial charge in [-0.25, -0.2) is 9.97 Å². The van der Waals surface area contributed by atoms with Gasteiger partial charge in [-0.1, -0.05) is 12.1 Å². The van der Waals surface area contributed by atoms with Crippen molar-refractivity contribution < 1.29 is 4.79 Å². The molecule has 1 amide bonds. The largest absolute Gasteiger partial charge is 0.337 e. The molecule has 0 aliphatic carbocycles. The Hall–Kier alpha value is -3.02. The molecule has 3 aromatic rings. The van der Waals surface area contributed by atoms with Crippen LogP contribution in [0.1, 0.15) is 34.7 Å². The lowest BCUT2D eigenvalue weighted by molar-refractivity contribution is -0.121. The molecule has 154 valence electrons. The Morgan fingerprint density at radius 2 is 2.03 bits per heavy atom. The maximum absolute atomic E-state index is 12.7. The van der Waals surface area contributed by atoms with Crippen molar-refractivity contribution in [2.75, 3.05) is 18.4 Å². The number of rotatable bonds is 6. The van der Waals surface area contributed by atoms with E-state index in [-0.39, 0.29) is 11.8 Å². The summed E-state index contributed by atoms with van der Waals surface area (Å²) in [7, 11) is 2.01. The predicted molar refractivity (Wildman–Crippen MR) is 116 cm³/mol. The number of imidazole rings is 1. The Bertz CT molecular complexity index is 1040. The van der Waals surface area contributed by atoms with Crippen LogP contribution >= 0.6 is 11.3 Å². The van der Waals surface area contributed by atoms with Gasteiger partial charge < -0.3 is 9.88 Å². The van der Waals surface area contributed by atoms with Crippen molar-refractivity contribution in [2.24, 2.45) is 13.0 Å². The normalized spacial score (nSPS) is 15.1. The molecule has 0 radical (unpaired) electrons. The molecule has 0 saturated carbocycles. The summed E-state index contributed by atoms with van der Waals surface area (Å²) in [6, 6.07) is 9.67. The molecule has 1 aromatic carbocycles. The summed E-state index contributed by atoms with van der Waals surface area (Å²) < 4.78 is 2.04. The molecule has 3 heterocycles. The average molecular weight is 421 g/mol. The van der Waals surface area contributed by atoms with Crippen molar-refractivity contribution in [3.63, 3.8) is 0 Å². The third kappa shape index (κ3) is 4.93. The number of carbonyl (C=O) groups is 1. The van der Waals surface area contributed by atoms with Crippen LogP contribution in [0, 0.1) is 17.2 Å². The van der Waals surface area contributed by atoms with E-state index in [1.165, 1.54) is 11.3 Å². The molecule has 1 N–H and O–H groups in total. The molecule has 0 spiro atoms. The number of benzene rings is 1. The van der Waals surface area contributed by atoms with Crippen LogP contribution in [0.4, 0.5) is 5.13 Å². The topological polar surface area (TPSA) is 86.8 Å². The highest BCUT2D eigenvalue weighted by Crippen LogP contribution is 2.24. The maximum atomic E-state index is 12.7. The number of nitrogens with zero attached hydrogens (tertiary/aromatic N) is 5. The number of piperidine rings is 1. The third-order valence-electron chi connectivity index (χ3n) is 5.49. The van der Waals surface area contributed by atoms with E-state index < -0.39 is 0 Å². The first-order valence-corrected chi connectivity index (χ1v) is 10.9. The van der Waals surface area contributed by atoms with E-state index in [1.807, 2.05) is 54.5 Å². The number of aromatic nitrogens is 3. The molecule has 1 aliphatic rings. The average Bonchev–Trinajstić information content (AvgIpc) is 3.38. The van der Waals surface area contributed by atoms with Gasteiger partial charge in [0, 0.05) is 42.9 Å². The van der Waals surface area contributed by atoms with Crippen LogP contribution < -0.4 is 5.32 Å². The molecule has 8 heteroatoms. The molecule has 0 bridgehead atoms. The van der Waals surface area contributed by atoms with Crippen LogP contribution in [0.5, 0.6) is 0 Å². The van der Waals surface area contributed by atoms with Gasteiger partial charge in [0.05, 0.1) is 18.2 Å². The molecular weight excluding hydrogens is 396 g/mol. The quantitative estimate of drug-likeness (QED) is 0.662. The molecule has 4 rings (SSSR count). The first-order valence-electron chi connectivity index (χ1n) is 10.0. The SMILES string of the molecule is Cn1ccnc1CN1CCC(C(=O)Nc2ncc(Cc3ccc(C#N)cc3)s2)CC1. The van der Waals surface area contributed by atoms with Crippen LogP contribution in [0.15, 0.2) is 42.9 Å². The fourth-order valence-electron chi connectivity index (χ4n) is 3.65. The second kappa shape index (κ2) is 9.20. The minimum Gasteiger partial charge on any atom is -0.337 e. The molecule has 7 nitrogen and oxygen atoms in total. The van der Waals surface area contributed by atoms with Crippen LogP contribution in [-0.4, -0.2) is 38.4 Å². The Balaban J connectivity index is 1.26. The van der Waals surface area contributed by atoms with Crippen molar-refractivity contribution in [2.45, 2.75) is 25.8 Å². The Labute approximate surface area is 180 Å². The van der Waals surface area contributed by atoms with Gasteiger partial charge in [-0.2, -0.15) is 5.26 Å². The summed E-state index contributed by atoms with van der Waals surface area (Å²) in [4.78, 5) is 24.9. The zero-order valence-corrected chi connectivity index (χ0v) is 17.7. The van der Waals surface area contributed by atoms with Crippen LogP contribution in [0.25, 0.3) is 0 Å². The number of hydrogen-bond acceptors (Lipinski definition) is 6. The third-order valence-corrected chi connectivity index (χ3v) is 6.40. The lowest BCUT2D eigenvalue weighted by Gasteiger charge is -2.30. The van der Waals surface area contributed by atoms with E-state index in [2.05, 4.69) is 26.3 Å². The number of carbonyl (C=O) groups excluding carboxylic acids is 1. The lowest BCUT2D eigenvalue weighted by atomic mass is 9.96.